The lowest BCUT2D eigenvalue weighted by Crippen LogP contribution is -2.28. The van der Waals surface area contributed by atoms with Crippen molar-refractivity contribution in [2.75, 3.05) is 30.8 Å². The molecule has 126 valence electrons. The SMILES string of the molecule is COc1ccc(NC(C)=O)c(NC(=O)CCC2CCNCC2)c1. The Hall–Kier alpha value is -2.08. The molecule has 1 aromatic rings. The summed E-state index contributed by atoms with van der Waals surface area (Å²) >= 11 is 0. The Morgan fingerprint density at radius 1 is 1.22 bits per heavy atom. The number of methoxy groups -OCH3 is 1. The zero-order chi connectivity index (χ0) is 16.7. The normalized spacial score (nSPS) is 15.0. The van der Waals surface area contributed by atoms with Crippen molar-refractivity contribution in [1.29, 1.82) is 0 Å². The minimum absolute atomic E-state index is 0.0385. The highest BCUT2D eigenvalue weighted by atomic mass is 16.5. The first-order valence-corrected chi connectivity index (χ1v) is 8.04. The van der Waals surface area contributed by atoms with Gasteiger partial charge in [0.25, 0.3) is 0 Å². The maximum absolute atomic E-state index is 12.2. The van der Waals surface area contributed by atoms with Gasteiger partial charge in [0.2, 0.25) is 11.8 Å². The van der Waals surface area contributed by atoms with E-state index in [0.29, 0.717) is 29.5 Å². The van der Waals surface area contributed by atoms with Crippen LogP contribution in [0.2, 0.25) is 0 Å². The molecule has 6 nitrogen and oxygen atoms in total. The first-order valence-electron chi connectivity index (χ1n) is 8.04. The number of carbonyl (C=O) groups is 2. The van der Waals surface area contributed by atoms with Crippen molar-refractivity contribution in [3.8, 4) is 5.75 Å². The third-order valence-electron chi connectivity index (χ3n) is 4.05. The molecule has 0 radical (unpaired) electrons. The maximum Gasteiger partial charge on any atom is 0.224 e. The van der Waals surface area contributed by atoms with Crippen LogP contribution in [0.15, 0.2) is 18.2 Å². The van der Waals surface area contributed by atoms with Crippen LogP contribution >= 0.6 is 0 Å². The second-order valence-corrected chi connectivity index (χ2v) is 5.87. The first-order chi connectivity index (χ1) is 11.1. The molecular formula is C17H25N3O3. The molecule has 6 heteroatoms. The highest BCUT2D eigenvalue weighted by Gasteiger charge is 2.15. The molecule has 1 fully saturated rings. The van der Waals surface area contributed by atoms with Gasteiger partial charge in [-0.1, -0.05) is 0 Å². The van der Waals surface area contributed by atoms with Crippen molar-refractivity contribution < 1.29 is 14.3 Å². The van der Waals surface area contributed by atoms with Crippen LogP contribution in [0.4, 0.5) is 11.4 Å². The summed E-state index contributed by atoms with van der Waals surface area (Å²) in [6, 6.07) is 5.19. The number of amides is 2. The lowest BCUT2D eigenvalue weighted by Gasteiger charge is -2.22. The Labute approximate surface area is 137 Å². The molecule has 1 saturated heterocycles. The molecule has 0 saturated carbocycles. The summed E-state index contributed by atoms with van der Waals surface area (Å²) in [5, 5.41) is 8.92. The molecule has 2 amide bonds. The summed E-state index contributed by atoms with van der Waals surface area (Å²) in [5.41, 5.74) is 1.14. The fraction of sp³-hybridized carbons (Fsp3) is 0.529. The molecular weight excluding hydrogens is 294 g/mol. The fourth-order valence-corrected chi connectivity index (χ4v) is 2.77. The zero-order valence-electron chi connectivity index (χ0n) is 13.8. The number of nitrogens with one attached hydrogen (secondary N) is 3. The van der Waals surface area contributed by atoms with Crippen LogP contribution in [-0.4, -0.2) is 32.0 Å². The van der Waals surface area contributed by atoms with Crippen LogP contribution in [-0.2, 0) is 9.59 Å². The van der Waals surface area contributed by atoms with Gasteiger partial charge >= 0.3 is 0 Å². The molecule has 0 aliphatic carbocycles. The number of ether oxygens (including phenoxy) is 1. The Morgan fingerprint density at radius 3 is 2.61 bits per heavy atom. The molecule has 0 bridgehead atoms. The summed E-state index contributed by atoms with van der Waals surface area (Å²) in [6.07, 6.45) is 3.64. The van der Waals surface area contributed by atoms with E-state index >= 15 is 0 Å². The van der Waals surface area contributed by atoms with E-state index in [0.717, 1.165) is 32.4 Å². The number of hydrogen-bond donors (Lipinski definition) is 3. The van der Waals surface area contributed by atoms with E-state index in [4.69, 9.17) is 4.74 Å². The van der Waals surface area contributed by atoms with Crippen molar-refractivity contribution in [2.45, 2.75) is 32.6 Å². The Kier molecular flexibility index (Phi) is 6.40. The fourth-order valence-electron chi connectivity index (χ4n) is 2.77. The van der Waals surface area contributed by atoms with E-state index in [1.165, 1.54) is 6.92 Å². The maximum atomic E-state index is 12.2. The number of hydrogen-bond acceptors (Lipinski definition) is 4. The summed E-state index contributed by atoms with van der Waals surface area (Å²) in [6.45, 7) is 3.51. The number of carbonyl (C=O) groups excluding carboxylic acids is 2. The van der Waals surface area contributed by atoms with Gasteiger partial charge in [0.1, 0.15) is 5.75 Å². The van der Waals surface area contributed by atoms with E-state index in [-0.39, 0.29) is 11.8 Å². The lowest BCUT2D eigenvalue weighted by molar-refractivity contribution is -0.116. The number of piperidine rings is 1. The van der Waals surface area contributed by atoms with Crippen molar-refractivity contribution in [1.82, 2.24) is 5.32 Å². The van der Waals surface area contributed by atoms with Crippen LogP contribution in [0.3, 0.4) is 0 Å². The van der Waals surface area contributed by atoms with E-state index in [2.05, 4.69) is 16.0 Å². The summed E-state index contributed by atoms with van der Waals surface area (Å²) in [4.78, 5) is 23.5. The van der Waals surface area contributed by atoms with Gasteiger partial charge in [-0.15, -0.1) is 0 Å². The van der Waals surface area contributed by atoms with Gasteiger partial charge in [0.15, 0.2) is 0 Å². The monoisotopic (exact) mass is 319 g/mol. The standard InChI is InChI=1S/C17H25N3O3/c1-12(21)19-15-5-4-14(23-2)11-16(15)20-17(22)6-3-13-7-9-18-10-8-13/h4-5,11,13,18H,3,6-10H2,1-2H3,(H,19,21)(H,20,22). The van der Waals surface area contributed by atoms with Crippen LogP contribution in [0.5, 0.6) is 5.75 Å². The molecule has 2 rings (SSSR count). The minimum Gasteiger partial charge on any atom is -0.497 e. The van der Waals surface area contributed by atoms with Gasteiger partial charge in [-0.2, -0.15) is 0 Å². The van der Waals surface area contributed by atoms with Gasteiger partial charge in [0, 0.05) is 19.4 Å². The first kappa shape index (κ1) is 17.3. The average Bonchev–Trinajstić information content (AvgIpc) is 2.55. The van der Waals surface area contributed by atoms with Gasteiger partial charge in [-0.3, -0.25) is 9.59 Å². The highest BCUT2D eigenvalue weighted by molar-refractivity contribution is 5.99. The third kappa shape index (κ3) is 5.56. The predicted molar refractivity (Wildman–Crippen MR) is 90.8 cm³/mol. The van der Waals surface area contributed by atoms with Gasteiger partial charge in [-0.05, 0) is 50.4 Å². The molecule has 1 heterocycles. The molecule has 0 unspecified atom stereocenters. The van der Waals surface area contributed by atoms with E-state index in [1.807, 2.05) is 0 Å². The van der Waals surface area contributed by atoms with Crippen LogP contribution in [0.25, 0.3) is 0 Å². The van der Waals surface area contributed by atoms with E-state index in [9.17, 15) is 9.59 Å². The van der Waals surface area contributed by atoms with Gasteiger partial charge in [-0.25, -0.2) is 0 Å². The van der Waals surface area contributed by atoms with Crippen LogP contribution in [0, 0.1) is 5.92 Å². The van der Waals surface area contributed by atoms with Crippen molar-refractivity contribution >= 4 is 23.2 Å². The molecule has 23 heavy (non-hydrogen) atoms. The smallest absolute Gasteiger partial charge is 0.224 e. The van der Waals surface area contributed by atoms with Crippen molar-refractivity contribution in [2.24, 2.45) is 5.92 Å². The average molecular weight is 319 g/mol. The topological polar surface area (TPSA) is 79.5 Å². The molecule has 0 aromatic heterocycles. The largest absolute Gasteiger partial charge is 0.497 e. The number of rotatable bonds is 6. The Bertz CT molecular complexity index is 554. The lowest BCUT2D eigenvalue weighted by atomic mass is 9.93. The van der Waals surface area contributed by atoms with Crippen molar-refractivity contribution in [3.63, 3.8) is 0 Å². The third-order valence-corrected chi connectivity index (χ3v) is 4.05. The van der Waals surface area contributed by atoms with Crippen LogP contribution in [0.1, 0.15) is 32.6 Å². The zero-order valence-corrected chi connectivity index (χ0v) is 13.8. The summed E-state index contributed by atoms with van der Waals surface area (Å²) in [7, 11) is 1.57. The Balaban J connectivity index is 1.96. The van der Waals surface area contributed by atoms with Gasteiger partial charge < -0.3 is 20.7 Å². The molecule has 1 aromatic carbocycles. The second kappa shape index (κ2) is 8.53. The summed E-state index contributed by atoms with van der Waals surface area (Å²) in [5.74, 6) is 1.03. The molecule has 0 atom stereocenters. The molecule has 1 aliphatic heterocycles. The Morgan fingerprint density at radius 2 is 1.96 bits per heavy atom. The quantitative estimate of drug-likeness (QED) is 0.752. The van der Waals surface area contributed by atoms with E-state index in [1.54, 1.807) is 25.3 Å². The highest BCUT2D eigenvalue weighted by Crippen LogP contribution is 2.27. The van der Waals surface area contributed by atoms with Crippen LogP contribution < -0.4 is 20.7 Å². The van der Waals surface area contributed by atoms with E-state index < -0.39 is 0 Å². The van der Waals surface area contributed by atoms with Gasteiger partial charge in [0.05, 0.1) is 18.5 Å². The molecule has 1 aliphatic rings. The number of benzene rings is 1. The number of anilines is 2. The molecule has 0 spiro atoms. The molecule has 3 N–H and O–H groups in total. The predicted octanol–water partition coefficient (Wildman–Crippen LogP) is 2.37. The second-order valence-electron chi connectivity index (χ2n) is 5.87. The summed E-state index contributed by atoms with van der Waals surface area (Å²) < 4.78 is 5.18. The van der Waals surface area contributed by atoms with Crippen molar-refractivity contribution in [3.05, 3.63) is 18.2 Å². The minimum atomic E-state index is -0.180.